The lowest BCUT2D eigenvalue weighted by Gasteiger charge is -2.10. The zero-order valence-electron chi connectivity index (χ0n) is 22.1. The summed E-state index contributed by atoms with van der Waals surface area (Å²) < 4.78 is 20.4. The number of carbonyl (C=O) groups is 4. The maximum absolute atomic E-state index is 12.3. The number of hydrogen-bond acceptors (Lipinski definition) is 10. The molecule has 0 aliphatic heterocycles. The minimum atomic E-state index is -0.641. The minimum Gasteiger partial charge on any atom is -0.504 e. The van der Waals surface area contributed by atoms with E-state index in [1.807, 2.05) is 0 Å². The highest BCUT2D eigenvalue weighted by atomic mass is 16.5. The average molecular weight is 549 g/mol. The SMILES string of the molecule is CC(=O)Oc1ccc(/C=C/C(=O)Oc2ccc(COC(=O)CCc3ccc(OC(C)=O)c(O)c3)cc2C)cc1O. The van der Waals surface area contributed by atoms with Gasteiger partial charge in [-0.3, -0.25) is 14.4 Å². The van der Waals surface area contributed by atoms with Crippen molar-refractivity contribution in [3.05, 3.63) is 82.9 Å². The number of esters is 4. The number of phenols is 2. The second-order valence-corrected chi connectivity index (χ2v) is 8.73. The van der Waals surface area contributed by atoms with Gasteiger partial charge in [0.2, 0.25) is 0 Å². The van der Waals surface area contributed by atoms with E-state index in [-0.39, 0.29) is 36.0 Å². The molecule has 0 aliphatic rings. The molecule has 2 N–H and O–H groups in total. The third-order valence-corrected chi connectivity index (χ3v) is 5.39. The summed E-state index contributed by atoms with van der Waals surface area (Å²) in [6.45, 7) is 4.22. The Morgan fingerprint density at radius 2 is 1.35 bits per heavy atom. The summed E-state index contributed by atoms with van der Waals surface area (Å²) in [5, 5.41) is 19.9. The highest BCUT2D eigenvalue weighted by Crippen LogP contribution is 2.28. The molecule has 0 bridgehead atoms. The maximum Gasteiger partial charge on any atom is 0.336 e. The molecule has 3 aromatic carbocycles. The Bertz CT molecular complexity index is 1450. The highest BCUT2D eigenvalue weighted by Gasteiger charge is 2.11. The molecule has 0 heterocycles. The first-order valence-corrected chi connectivity index (χ1v) is 12.2. The van der Waals surface area contributed by atoms with Crippen LogP contribution in [0.4, 0.5) is 0 Å². The molecule has 0 atom stereocenters. The summed E-state index contributed by atoms with van der Waals surface area (Å²) >= 11 is 0. The van der Waals surface area contributed by atoms with Crippen molar-refractivity contribution in [3.63, 3.8) is 0 Å². The molecule has 10 heteroatoms. The van der Waals surface area contributed by atoms with Crippen LogP contribution in [0, 0.1) is 6.92 Å². The van der Waals surface area contributed by atoms with Crippen LogP contribution in [0.15, 0.2) is 60.7 Å². The zero-order chi connectivity index (χ0) is 29.2. The molecule has 40 heavy (non-hydrogen) atoms. The van der Waals surface area contributed by atoms with E-state index in [1.54, 1.807) is 37.3 Å². The van der Waals surface area contributed by atoms with Crippen molar-refractivity contribution in [2.75, 3.05) is 0 Å². The van der Waals surface area contributed by atoms with Crippen LogP contribution in [0.5, 0.6) is 28.7 Å². The van der Waals surface area contributed by atoms with Gasteiger partial charge in [0.25, 0.3) is 0 Å². The number of carbonyl (C=O) groups excluding carboxylic acids is 4. The van der Waals surface area contributed by atoms with Crippen LogP contribution in [-0.4, -0.2) is 34.1 Å². The number of ether oxygens (including phenoxy) is 4. The second-order valence-electron chi connectivity index (χ2n) is 8.73. The fraction of sp³-hybridized carbons (Fsp3) is 0.200. The molecule has 0 unspecified atom stereocenters. The van der Waals surface area contributed by atoms with Crippen LogP contribution in [0.25, 0.3) is 6.08 Å². The second kappa shape index (κ2) is 13.6. The number of hydrogen-bond donors (Lipinski definition) is 2. The molecule has 0 saturated carbocycles. The predicted molar refractivity (Wildman–Crippen MR) is 143 cm³/mol. The van der Waals surface area contributed by atoms with Crippen LogP contribution in [0.2, 0.25) is 0 Å². The summed E-state index contributed by atoms with van der Waals surface area (Å²) in [6.07, 6.45) is 3.04. The minimum absolute atomic E-state index is 0.0150. The van der Waals surface area contributed by atoms with E-state index in [1.165, 1.54) is 50.3 Å². The van der Waals surface area contributed by atoms with Crippen molar-refractivity contribution in [3.8, 4) is 28.7 Å². The van der Waals surface area contributed by atoms with Gasteiger partial charge >= 0.3 is 23.9 Å². The molecule has 0 saturated heterocycles. The van der Waals surface area contributed by atoms with E-state index in [4.69, 9.17) is 18.9 Å². The van der Waals surface area contributed by atoms with Crippen LogP contribution in [0.3, 0.4) is 0 Å². The van der Waals surface area contributed by atoms with Crippen LogP contribution in [0.1, 0.15) is 42.5 Å². The Hall–Kier alpha value is -5.12. The van der Waals surface area contributed by atoms with Crippen molar-refractivity contribution < 1.29 is 48.3 Å². The van der Waals surface area contributed by atoms with E-state index in [2.05, 4.69) is 0 Å². The van der Waals surface area contributed by atoms with E-state index in [0.717, 1.165) is 0 Å². The third-order valence-electron chi connectivity index (χ3n) is 5.39. The van der Waals surface area contributed by atoms with Gasteiger partial charge in [-0.25, -0.2) is 4.79 Å². The van der Waals surface area contributed by atoms with Crippen molar-refractivity contribution in [2.24, 2.45) is 0 Å². The molecule has 208 valence electrons. The molecule has 0 fully saturated rings. The molecule has 0 aliphatic carbocycles. The van der Waals surface area contributed by atoms with Gasteiger partial charge in [-0.05, 0) is 78.1 Å². The Balaban J connectivity index is 1.48. The lowest BCUT2D eigenvalue weighted by Crippen LogP contribution is -2.07. The fourth-order valence-corrected chi connectivity index (χ4v) is 3.54. The first-order chi connectivity index (χ1) is 19.0. The largest absolute Gasteiger partial charge is 0.504 e. The summed E-state index contributed by atoms with van der Waals surface area (Å²) in [5.74, 6) is -2.23. The lowest BCUT2D eigenvalue weighted by molar-refractivity contribution is -0.145. The molecule has 0 radical (unpaired) electrons. The van der Waals surface area contributed by atoms with E-state index in [0.29, 0.717) is 34.4 Å². The first kappa shape index (κ1) is 29.4. The van der Waals surface area contributed by atoms with Crippen LogP contribution >= 0.6 is 0 Å². The molecule has 3 aromatic rings. The highest BCUT2D eigenvalue weighted by molar-refractivity contribution is 5.89. The predicted octanol–water partition coefficient (Wildman–Crippen LogP) is 4.55. The molecular weight excluding hydrogens is 520 g/mol. The molecule has 10 nitrogen and oxygen atoms in total. The lowest BCUT2D eigenvalue weighted by atomic mass is 10.1. The summed E-state index contributed by atoms with van der Waals surface area (Å²) in [7, 11) is 0. The summed E-state index contributed by atoms with van der Waals surface area (Å²) in [6, 6.07) is 13.8. The third kappa shape index (κ3) is 9.02. The Morgan fingerprint density at radius 1 is 0.750 bits per heavy atom. The topological polar surface area (TPSA) is 146 Å². The Labute approximate surface area is 230 Å². The van der Waals surface area contributed by atoms with Gasteiger partial charge in [-0.15, -0.1) is 0 Å². The standard InChI is InChI=1S/C30H28O10/c1-18-14-23(17-37-29(35)12-7-21-4-10-27(24(33)15-21)38-19(2)31)6-9-26(18)40-30(36)13-8-22-5-11-28(25(34)16-22)39-20(3)32/h4-6,8-11,13-16,33-34H,7,12,17H2,1-3H3/b13-8+. The van der Waals surface area contributed by atoms with Crippen molar-refractivity contribution in [1.82, 2.24) is 0 Å². The number of aryl methyl sites for hydroxylation is 2. The van der Waals surface area contributed by atoms with Crippen molar-refractivity contribution in [1.29, 1.82) is 0 Å². The van der Waals surface area contributed by atoms with Gasteiger partial charge in [0.1, 0.15) is 12.4 Å². The van der Waals surface area contributed by atoms with Crippen LogP contribution in [-0.2, 0) is 36.9 Å². The Morgan fingerprint density at radius 3 is 1.95 bits per heavy atom. The number of phenolic OH excluding ortho intramolecular Hbond substituents is 2. The van der Waals surface area contributed by atoms with Gasteiger partial charge in [0, 0.05) is 26.3 Å². The van der Waals surface area contributed by atoms with Gasteiger partial charge in [0.15, 0.2) is 23.0 Å². The van der Waals surface area contributed by atoms with Crippen LogP contribution < -0.4 is 14.2 Å². The maximum atomic E-state index is 12.3. The van der Waals surface area contributed by atoms with Crippen molar-refractivity contribution in [2.45, 2.75) is 40.2 Å². The summed E-state index contributed by atoms with van der Waals surface area (Å²) in [4.78, 5) is 46.5. The van der Waals surface area contributed by atoms with E-state index < -0.39 is 23.9 Å². The molecule has 0 aromatic heterocycles. The number of aromatic hydroxyl groups is 2. The van der Waals surface area contributed by atoms with E-state index in [9.17, 15) is 29.4 Å². The average Bonchev–Trinajstić information content (AvgIpc) is 2.89. The zero-order valence-corrected chi connectivity index (χ0v) is 22.1. The normalized spacial score (nSPS) is 10.7. The van der Waals surface area contributed by atoms with E-state index >= 15 is 0 Å². The Kier molecular flexibility index (Phi) is 10.0. The monoisotopic (exact) mass is 548 g/mol. The van der Waals surface area contributed by atoms with Gasteiger partial charge in [0.05, 0.1) is 0 Å². The van der Waals surface area contributed by atoms with Gasteiger partial charge in [-0.2, -0.15) is 0 Å². The molecular formula is C30H28O10. The van der Waals surface area contributed by atoms with Gasteiger partial charge in [-0.1, -0.05) is 18.2 Å². The molecule has 3 rings (SSSR count). The fourth-order valence-electron chi connectivity index (χ4n) is 3.54. The number of rotatable bonds is 10. The molecule has 0 amide bonds. The number of benzene rings is 3. The smallest absolute Gasteiger partial charge is 0.336 e. The quantitative estimate of drug-likeness (QED) is 0.210. The molecule has 0 spiro atoms. The van der Waals surface area contributed by atoms with Crippen molar-refractivity contribution >= 4 is 30.0 Å². The first-order valence-electron chi connectivity index (χ1n) is 12.2. The van der Waals surface area contributed by atoms with Gasteiger partial charge < -0.3 is 29.2 Å². The summed E-state index contributed by atoms with van der Waals surface area (Å²) in [5.41, 5.74) is 2.53.